The summed E-state index contributed by atoms with van der Waals surface area (Å²) in [6.07, 6.45) is 0. The first-order valence-corrected chi connectivity index (χ1v) is 8.75. The summed E-state index contributed by atoms with van der Waals surface area (Å²) in [4.78, 5) is 18.2. The van der Waals surface area contributed by atoms with Gasteiger partial charge in [-0.1, -0.05) is 6.07 Å². The van der Waals surface area contributed by atoms with Crippen LogP contribution < -0.4 is 9.47 Å². The molecule has 126 valence electrons. The quantitative estimate of drug-likeness (QED) is 0.923. The van der Waals surface area contributed by atoms with Gasteiger partial charge in [0.25, 0.3) is 5.91 Å². The fourth-order valence-electron chi connectivity index (χ4n) is 3.00. The van der Waals surface area contributed by atoms with E-state index in [-0.39, 0.29) is 24.0 Å². The van der Waals surface area contributed by atoms with Gasteiger partial charge in [-0.3, -0.25) is 9.69 Å². The average molecular weight is 346 g/mol. The Kier molecular flexibility index (Phi) is 4.03. The topological polar surface area (TPSA) is 62.2 Å². The van der Waals surface area contributed by atoms with E-state index in [9.17, 15) is 9.90 Å². The highest BCUT2D eigenvalue weighted by Crippen LogP contribution is 2.38. The van der Waals surface area contributed by atoms with Crippen molar-refractivity contribution in [2.45, 2.75) is 6.54 Å². The number of fused-ring (bicyclic) bond motifs is 1. The van der Waals surface area contributed by atoms with E-state index in [2.05, 4.69) is 22.4 Å². The third kappa shape index (κ3) is 2.92. The molecule has 3 heterocycles. The van der Waals surface area contributed by atoms with Crippen LogP contribution in [0.3, 0.4) is 0 Å². The van der Waals surface area contributed by atoms with Crippen molar-refractivity contribution in [3.63, 3.8) is 0 Å². The van der Waals surface area contributed by atoms with Crippen molar-refractivity contribution in [2.75, 3.05) is 33.0 Å². The number of hydrogen-bond donors (Lipinski definition) is 1. The van der Waals surface area contributed by atoms with Crippen LogP contribution in [-0.2, 0) is 6.54 Å². The monoisotopic (exact) mass is 346 g/mol. The molecule has 2 aliphatic rings. The average Bonchev–Trinajstić information content (AvgIpc) is 3.25. The van der Waals surface area contributed by atoms with Crippen molar-refractivity contribution in [3.8, 4) is 17.2 Å². The van der Waals surface area contributed by atoms with Gasteiger partial charge in [0.1, 0.15) is 5.75 Å². The molecular formula is C17H18N2O4S. The van der Waals surface area contributed by atoms with Gasteiger partial charge >= 0.3 is 0 Å². The number of hydrogen-bond acceptors (Lipinski definition) is 6. The Morgan fingerprint density at radius 2 is 1.92 bits per heavy atom. The van der Waals surface area contributed by atoms with Gasteiger partial charge in [-0.15, -0.1) is 11.3 Å². The molecule has 1 amide bonds. The Balaban J connectivity index is 1.41. The standard InChI is InChI=1S/C17H18N2O4S/c20-14-9-16-15(22-11-23-16)8-13(14)17(21)19-5-3-18(4-6-19)10-12-2-1-7-24-12/h1-2,7-9,20H,3-6,10-11H2. The molecule has 24 heavy (non-hydrogen) atoms. The van der Waals surface area contributed by atoms with Gasteiger partial charge < -0.3 is 19.5 Å². The van der Waals surface area contributed by atoms with E-state index in [4.69, 9.17) is 9.47 Å². The van der Waals surface area contributed by atoms with Crippen molar-refractivity contribution in [3.05, 3.63) is 40.1 Å². The Hall–Kier alpha value is -2.25. The van der Waals surface area contributed by atoms with Gasteiger partial charge in [-0.25, -0.2) is 0 Å². The van der Waals surface area contributed by atoms with Crippen LogP contribution in [0.25, 0.3) is 0 Å². The molecule has 1 fully saturated rings. The third-order valence-corrected chi connectivity index (χ3v) is 5.20. The number of phenols is 1. The molecule has 0 bridgehead atoms. The molecule has 1 aromatic carbocycles. The van der Waals surface area contributed by atoms with Crippen LogP contribution in [0.5, 0.6) is 17.2 Å². The van der Waals surface area contributed by atoms with Crippen LogP contribution in [-0.4, -0.2) is 53.8 Å². The smallest absolute Gasteiger partial charge is 0.257 e. The highest BCUT2D eigenvalue weighted by Gasteiger charge is 2.26. The second-order valence-corrected chi connectivity index (χ2v) is 6.90. The molecule has 2 aromatic rings. The maximum Gasteiger partial charge on any atom is 0.257 e. The summed E-state index contributed by atoms with van der Waals surface area (Å²) >= 11 is 1.75. The van der Waals surface area contributed by atoms with Gasteiger partial charge in [0.2, 0.25) is 6.79 Å². The second-order valence-electron chi connectivity index (χ2n) is 5.87. The summed E-state index contributed by atoms with van der Waals surface area (Å²) in [7, 11) is 0. The zero-order valence-electron chi connectivity index (χ0n) is 13.1. The maximum absolute atomic E-state index is 12.7. The van der Waals surface area contributed by atoms with Gasteiger partial charge in [0.15, 0.2) is 11.5 Å². The van der Waals surface area contributed by atoms with E-state index in [0.717, 1.165) is 19.6 Å². The van der Waals surface area contributed by atoms with Crippen molar-refractivity contribution < 1.29 is 19.4 Å². The molecule has 0 atom stereocenters. The number of phenolic OH excluding ortho intramolecular Hbond substituents is 1. The minimum absolute atomic E-state index is 0.0646. The number of thiophene rings is 1. The highest BCUT2D eigenvalue weighted by molar-refractivity contribution is 7.09. The van der Waals surface area contributed by atoms with E-state index in [1.54, 1.807) is 22.3 Å². The van der Waals surface area contributed by atoms with Gasteiger partial charge in [0, 0.05) is 49.7 Å². The number of carbonyl (C=O) groups excluding carboxylic acids is 1. The molecule has 0 unspecified atom stereocenters. The molecule has 7 heteroatoms. The minimum Gasteiger partial charge on any atom is -0.507 e. The van der Waals surface area contributed by atoms with Crippen molar-refractivity contribution >= 4 is 17.2 Å². The predicted molar refractivity (Wildman–Crippen MR) is 89.7 cm³/mol. The first kappa shape index (κ1) is 15.3. The van der Waals surface area contributed by atoms with Crippen molar-refractivity contribution in [2.24, 2.45) is 0 Å². The molecule has 0 aliphatic carbocycles. The molecular weight excluding hydrogens is 328 g/mol. The third-order valence-electron chi connectivity index (χ3n) is 4.34. The fraction of sp³-hybridized carbons (Fsp3) is 0.353. The number of amides is 1. The predicted octanol–water partition coefficient (Wildman–Crippen LogP) is 2.14. The van der Waals surface area contributed by atoms with E-state index in [1.165, 1.54) is 10.9 Å². The first-order valence-electron chi connectivity index (χ1n) is 7.87. The maximum atomic E-state index is 12.7. The molecule has 4 rings (SSSR count). The Morgan fingerprint density at radius 1 is 1.17 bits per heavy atom. The SMILES string of the molecule is O=C(c1cc2c(cc1O)OCO2)N1CCN(Cc2cccs2)CC1. The zero-order chi connectivity index (χ0) is 16.5. The van der Waals surface area contributed by atoms with E-state index in [1.807, 2.05) is 0 Å². The van der Waals surface area contributed by atoms with Crippen molar-refractivity contribution in [1.82, 2.24) is 9.80 Å². The van der Waals surface area contributed by atoms with E-state index in [0.29, 0.717) is 24.6 Å². The Labute approximate surface area is 143 Å². The van der Waals surface area contributed by atoms with E-state index >= 15 is 0 Å². The van der Waals surface area contributed by atoms with Gasteiger partial charge in [0.05, 0.1) is 5.56 Å². The Bertz CT molecular complexity index is 739. The summed E-state index contributed by atoms with van der Waals surface area (Å²) < 4.78 is 10.5. The second kappa shape index (κ2) is 6.33. The van der Waals surface area contributed by atoms with Crippen LogP contribution in [0.2, 0.25) is 0 Å². The molecule has 0 saturated carbocycles. The van der Waals surface area contributed by atoms with Crippen LogP contribution in [0.4, 0.5) is 0 Å². The first-order chi connectivity index (χ1) is 11.7. The number of ether oxygens (including phenoxy) is 2. The van der Waals surface area contributed by atoms with Crippen molar-refractivity contribution in [1.29, 1.82) is 0 Å². The Morgan fingerprint density at radius 3 is 2.62 bits per heavy atom. The number of carbonyl (C=O) groups is 1. The number of nitrogens with zero attached hydrogens (tertiary/aromatic N) is 2. The molecule has 6 nitrogen and oxygen atoms in total. The van der Waals surface area contributed by atoms with Crippen LogP contribution in [0, 0.1) is 0 Å². The van der Waals surface area contributed by atoms with E-state index < -0.39 is 0 Å². The molecule has 0 spiro atoms. The van der Waals surface area contributed by atoms with Crippen LogP contribution >= 0.6 is 11.3 Å². The number of aromatic hydroxyl groups is 1. The highest BCUT2D eigenvalue weighted by atomic mass is 32.1. The molecule has 0 radical (unpaired) electrons. The van der Waals surface area contributed by atoms with Gasteiger partial charge in [-0.2, -0.15) is 0 Å². The summed E-state index contributed by atoms with van der Waals surface area (Å²) in [6, 6.07) is 7.20. The summed E-state index contributed by atoms with van der Waals surface area (Å²) in [5, 5.41) is 12.2. The van der Waals surface area contributed by atoms with Crippen LogP contribution in [0.15, 0.2) is 29.6 Å². The minimum atomic E-state index is -0.165. The number of rotatable bonds is 3. The summed E-state index contributed by atoms with van der Waals surface area (Å²) in [5.41, 5.74) is 0.269. The fourth-order valence-corrected chi connectivity index (χ4v) is 3.75. The largest absolute Gasteiger partial charge is 0.507 e. The lowest BCUT2D eigenvalue weighted by Crippen LogP contribution is -2.48. The normalized spacial score (nSPS) is 17.2. The molecule has 1 aromatic heterocycles. The lowest BCUT2D eigenvalue weighted by Gasteiger charge is -2.34. The number of benzene rings is 1. The zero-order valence-corrected chi connectivity index (χ0v) is 13.9. The summed E-state index contributed by atoms with van der Waals surface area (Å²) in [5.74, 6) is 0.754. The lowest BCUT2D eigenvalue weighted by molar-refractivity contribution is 0.0626. The lowest BCUT2D eigenvalue weighted by atomic mass is 10.1. The molecule has 2 aliphatic heterocycles. The van der Waals surface area contributed by atoms with Crippen LogP contribution in [0.1, 0.15) is 15.2 Å². The molecule has 1 saturated heterocycles. The molecule has 1 N–H and O–H groups in total. The number of piperazine rings is 1. The van der Waals surface area contributed by atoms with Gasteiger partial charge in [-0.05, 0) is 11.4 Å². The summed E-state index contributed by atoms with van der Waals surface area (Å²) in [6.45, 7) is 4.00.